The zero-order chi connectivity index (χ0) is 11.1. The van der Waals surface area contributed by atoms with Crippen LogP contribution in [-0.2, 0) is 0 Å². The Labute approximate surface area is 85.6 Å². The first-order valence-corrected chi connectivity index (χ1v) is 4.65. The number of hydrogen-bond donors (Lipinski definition) is 0. The minimum absolute atomic E-state index is 0.280. The quantitative estimate of drug-likeness (QED) is 0.459. The minimum atomic E-state index is 0.280. The number of fused-ring (bicyclic) bond motifs is 3. The first-order valence-electron chi connectivity index (χ1n) is 5.65. The maximum absolute atomic E-state index is 7.88. The molecule has 0 aliphatic carbocycles. The van der Waals surface area contributed by atoms with Crippen molar-refractivity contribution in [3.8, 4) is 0 Å². The number of rotatable bonds is 0. The maximum atomic E-state index is 7.88. The summed E-state index contributed by atoms with van der Waals surface area (Å²) in [6, 6.07) is 16.3. The lowest BCUT2D eigenvalue weighted by molar-refractivity contribution is 1.76. The third kappa shape index (κ3) is 1.01. The van der Waals surface area contributed by atoms with Crippen LogP contribution < -0.4 is 0 Å². The van der Waals surface area contributed by atoms with Gasteiger partial charge in [0.2, 0.25) is 0 Å². The van der Waals surface area contributed by atoms with Crippen molar-refractivity contribution >= 4 is 21.5 Å². The Morgan fingerprint density at radius 1 is 0.714 bits per heavy atom. The second-order valence-corrected chi connectivity index (χ2v) is 3.35. The third-order valence-electron chi connectivity index (χ3n) is 2.51. The second-order valence-electron chi connectivity index (χ2n) is 3.35. The zero-order valence-electron chi connectivity index (χ0n) is 9.62. The van der Waals surface area contributed by atoms with Crippen LogP contribution in [-0.4, -0.2) is 0 Å². The van der Waals surface area contributed by atoms with Crippen molar-refractivity contribution in [2.24, 2.45) is 0 Å². The molecule has 0 saturated heterocycles. The Morgan fingerprint density at radius 2 is 1.43 bits per heavy atom. The number of hydrogen-bond acceptors (Lipinski definition) is 0. The highest BCUT2D eigenvalue weighted by atomic mass is 14.0. The van der Waals surface area contributed by atoms with Gasteiger partial charge in [-0.05, 0) is 21.5 Å². The van der Waals surface area contributed by atoms with E-state index in [1.807, 2.05) is 30.3 Å². The zero-order valence-corrected chi connectivity index (χ0v) is 7.62. The van der Waals surface area contributed by atoms with E-state index in [1.54, 1.807) is 6.07 Å². The monoisotopic (exact) mass is 180 g/mol. The third-order valence-corrected chi connectivity index (χ3v) is 2.51. The molecule has 0 saturated carbocycles. The van der Waals surface area contributed by atoms with Gasteiger partial charge in [-0.3, -0.25) is 0 Å². The normalized spacial score (nSPS) is 12.9. The topological polar surface area (TPSA) is 0 Å². The molecule has 0 aromatic heterocycles. The first kappa shape index (κ1) is 5.82. The van der Waals surface area contributed by atoms with Crippen LogP contribution in [0.15, 0.2) is 60.6 Å². The highest BCUT2D eigenvalue weighted by molar-refractivity contribution is 6.07. The summed E-state index contributed by atoms with van der Waals surface area (Å²) in [5.74, 6) is 0. The van der Waals surface area contributed by atoms with Crippen molar-refractivity contribution in [3.05, 3.63) is 60.6 Å². The lowest BCUT2D eigenvalue weighted by atomic mass is 10.0. The molecule has 0 spiro atoms. The molecule has 0 nitrogen and oxygen atoms in total. The molecular formula is C14H10. The van der Waals surface area contributed by atoms with E-state index >= 15 is 0 Å². The van der Waals surface area contributed by atoms with Gasteiger partial charge in [-0.25, -0.2) is 0 Å². The van der Waals surface area contributed by atoms with Gasteiger partial charge in [0.15, 0.2) is 0 Å². The van der Waals surface area contributed by atoms with Gasteiger partial charge < -0.3 is 0 Å². The molecule has 0 fully saturated rings. The number of benzene rings is 3. The largest absolute Gasteiger partial charge is 0.0629 e. The average molecular weight is 180 g/mol. The molecule has 0 heteroatoms. The van der Waals surface area contributed by atoms with Crippen LogP contribution in [0.5, 0.6) is 0 Å². The standard InChI is InChI=1S/C14H10/c1-3-7-13-11(5-1)9-10-12-6-2-4-8-14(12)13/h1-10H/i1D,5D. The Balaban J connectivity index is 2.58. The van der Waals surface area contributed by atoms with Gasteiger partial charge in [0.1, 0.15) is 0 Å². The van der Waals surface area contributed by atoms with E-state index in [1.165, 1.54) is 5.39 Å². The summed E-state index contributed by atoms with van der Waals surface area (Å²) in [4.78, 5) is 0. The van der Waals surface area contributed by atoms with Gasteiger partial charge in [0.05, 0.1) is 2.74 Å². The van der Waals surface area contributed by atoms with Crippen LogP contribution in [0.1, 0.15) is 2.74 Å². The van der Waals surface area contributed by atoms with Crippen LogP contribution in [0.25, 0.3) is 21.5 Å². The molecule has 0 aliphatic rings. The Hall–Kier alpha value is -1.82. The van der Waals surface area contributed by atoms with E-state index in [0.717, 1.165) is 16.2 Å². The van der Waals surface area contributed by atoms with Crippen molar-refractivity contribution in [1.29, 1.82) is 0 Å². The smallest absolute Gasteiger partial charge is 0.0616 e. The molecule has 0 heterocycles. The van der Waals surface area contributed by atoms with Gasteiger partial charge >= 0.3 is 0 Å². The van der Waals surface area contributed by atoms with E-state index < -0.39 is 0 Å². The van der Waals surface area contributed by atoms with Crippen LogP contribution in [0.3, 0.4) is 0 Å². The van der Waals surface area contributed by atoms with Crippen molar-refractivity contribution < 1.29 is 2.74 Å². The molecule has 0 bridgehead atoms. The van der Waals surface area contributed by atoms with E-state index in [4.69, 9.17) is 2.74 Å². The second kappa shape index (κ2) is 2.85. The first-order chi connectivity index (χ1) is 7.77. The van der Waals surface area contributed by atoms with Crippen molar-refractivity contribution in [2.75, 3.05) is 0 Å². The fourth-order valence-corrected chi connectivity index (χ4v) is 1.83. The van der Waals surface area contributed by atoms with E-state index in [2.05, 4.69) is 12.1 Å². The molecule has 0 aliphatic heterocycles. The molecule has 0 atom stereocenters. The molecule has 0 unspecified atom stereocenters. The average Bonchev–Trinajstić information content (AvgIpc) is 2.33. The fraction of sp³-hybridized carbons (Fsp3) is 0. The predicted octanol–water partition coefficient (Wildman–Crippen LogP) is 3.99. The molecule has 3 aromatic carbocycles. The Morgan fingerprint density at radius 3 is 2.43 bits per heavy atom. The highest BCUT2D eigenvalue weighted by Crippen LogP contribution is 2.24. The molecule has 3 aromatic rings. The lowest BCUT2D eigenvalue weighted by Gasteiger charge is -2.02. The summed E-state index contributed by atoms with van der Waals surface area (Å²) in [6.45, 7) is 0. The van der Waals surface area contributed by atoms with Crippen LogP contribution in [0.2, 0.25) is 0 Å². The molecule has 0 amide bonds. The van der Waals surface area contributed by atoms with Gasteiger partial charge in [0.25, 0.3) is 0 Å². The maximum Gasteiger partial charge on any atom is 0.0629 e. The highest BCUT2D eigenvalue weighted by Gasteiger charge is 1.97. The predicted molar refractivity (Wildman–Crippen MR) is 61.5 cm³/mol. The van der Waals surface area contributed by atoms with Crippen molar-refractivity contribution in [3.63, 3.8) is 0 Å². The molecular weight excluding hydrogens is 168 g/mol. The van der Waals surface area contributed by atoms with Gasteiger partial charge in [0, 0.05) is 0 Å². The van der Waals surface area contributed by atoms with Crippen molar-refractivity contribution in [2.45, 2.75) is 0 Å². The minimum Gasteiger partial charge on any atom is -0.0616 e. The van der Waals surface area contributed by atoms with E-state index in [-0.39, 0.29) is 6.04 Å². The summed E-state index contributed by atoms with van der Waals surface area (Å²) < 4.78 is 15.5. The summed E-state index contributed by atoms with van der Waals surface area (Å²) in [7, 11) is 0. The molecule has 0 radical (unpaired) electrons. The molecule has 66 valence electrons. The lowest BCUT2D eigenvalue weighted by Crippen LogP contribution is -1.75. The van der Waals surface area contributed by atoms with Crippen LogP contribution in [0, 0.1) is 0 Å². The van der Waals surface area contributed by atoms with E-state index in [9.17, 15) is 0 Å². The molecule has 3 rings (SSSR count). The van der Waals surface area contributed by atoms with Gasteiger partial charge in [-0.1, -0.05) is 60.6 Å². The van der Waals surface area contributed by atoms with Gasteiger partial charge in [-0.15, -0.1) is 0 Å². The Bertz CT molecular complexity index is 687. The fourth-order valence-electron chi connectivity index (χ4n) is 1.83. The molecule has 0 N–H and O–H groups in total. The SMILES string of the molecule is [2H]c1ccc2c(ccc3ccccc32)c1[2H]. The van der Waals surface area contributed by atoms with Gasteiger partial charge in [-0.2, -0.15) is 0 Å². The summed E-state index contributed by atoms with van der Waals surface area (Å²) in [5, 5.41) is 4.23. The summed E-state index contributed by atoms with van der Waals surface area (Å²) in [6.07, 6.45) is 0. The summed E-state index contributed by atoms with van der Waals surface area (Å²) in [5.41, 5.74) is 0. The summed E-state index contributed by atoms with van der Waals surface area (Å²) >= 11 is 0. The Kier molecular flexibility index (Phi) is 1.18. The van der Waals surface area contributed by atoms with Crippen molar-refractivity contribution in [1.82, 2.24) is 0 Å². The van der Waals surface area contributed by atoms with Crippen LogP contribution in [0.4, 0.5) is 0 Å². The van der Waals surface area contributed by atoms with Crippen LogP contribution >= 0.6 is 0 Å². The van der Waals surface area contributed by atoms with E-state index in [0.29, 0.717) is 6.04 Å². The molecule has 14 heavy (non-hydrogen) atoms.